The smallest absolute Gasteiger partial charge is 0.309 e. The van der Waals surface area contributed by atoms with Crippen molar-refractivity contribution < 1.29 is 14.3 Å². The van der Waals surface area contributed by atoms with Crippen molar-refractivity contribution in [1.82, 2.24) is 4.98 Å². The Balaban J connectivity index is 2.74. The highest BCUT2D eigenvalue weighted by atomic mass is 35.5. The molecule has 2 aromatic rings. The lowest BCUT2D eigenvalue weighted by atomic mass is 10.1. The maximum absolute atomic E-state index is 11.6. The minimum atomic E-state index is -0.491. The molecule has 88 valence electrons. The SMILES string of the molecule is CC(=O)Oc1[nH]c2c(Cl)cccc2c1C(C)=O. The van der Waals surface area contributed by atoms with Crippen LogP contribution in [0.15, 0.2) is 18.2 Å². The van der Waals surface area contributed by atoms with Crippen molar-refractivity contribution >= 4 is 34.3 Å². The number of hydrogen-bond donors (Lipinski definition) is 1. The summed E-state index contributed by atoms with van der Waals surface area (Å²) >= 11 is 6.00. The second kappa shape index (κ2) is 4.22. The largest absolute Gasteiger partial charge is 0.409 e. The zero-order chi connectivity index (χ0) is 12.6. The minimum absolute atomic E-state index is 0.146. The molecule has 1 heterocycles. The van der Waals surface area contributed by atoms with Gasteiger partial charge in [0.2, 0.25) is 5.88 Å². The molecule has 0 aliphatic heterocycles. The number of Topliss-reactive ketones (excluding diaryl/α,β-unsaturated/α-hetero) is 1. The van der Waals surface area contributed by atoms with Gasteiger partial charge in [0, 0.05) is 12.3 Å². The van der Waals surface area contributed by atoms with E-state index in [1.807, 2.05) is 0 Å². The monoisotopic (exact) mass is 251 g/mol. The van der Waals surface area contributed by atoms with Crippen LogP contribution in [0.4, 0.5) is 0 Å². The van der Waals surface area contributed by atoms with Gasteiger partial charge in [0.05, 0.1) is 16.1 Å². The van der Waals surface area contributed by atoms with Crippen molar-refractivity contribution in [2.75, 3.05) is 0 Å². The summed E-state index contributed by atoms with van der Waals surface area (Å²) in [6.45, 7) is 2.69. The number of carbonyl (C=O) groups is 2. The van der Waals surface area contributed by atoms with E-state index < -0.39 is 5.97 Å². The van der Waals surface area contributed by atoms with E-state index in [0.717, 1.165) is 0 Å². The summed E-state index contributed by atoms with van der Waals surface area (Å²) in [6.07, 6.45) is 0. The second-order valence-corrected chi connectivity index (χ2v) is 4.05. The molecule has 0 radical (unpaired) electrons. The predicted molar refractivity (Wildman–Crippen MR) is 64.6 cm³/mol. The van der Waals surface area contributed by atoms with Crippen molar-refractivity contribution in [3.8, 4) is 5.88 Å². The molecule has 2 rings (SSSR count). The molecule has 0 aliphatic rings. The van der Waals surface area contributed by atoms with Gasteiger partial charge in [-0.1, -0.05) is 23.7 Å². The molecule has 0 aliphatic carbocycles. The fraction of sp³-hybridized carbons (Fsp3) is 0.167. The van der Waals surface area contributed by atoms with Crippen LogP contribution in [0, 0.1) is 0 Å². The molecule has 17 heavy (non-hydrogen) atoms. The lowest BCUT2D eigenvalue weighted by Crippen LogP contribution is -2.05. The highest BCUT2D eigenvalue weighted by Gasteiger charge is 2.19. The molecular formula is C12H10ClNO3. The molecule has 0 unspecified atom stereocenters. The predicted octanol–water partition coefficient (Wildman–Crippen LogP) is 2.95. The van der Waals surface area contributed by atoms with E-state index in [1.54, 1.807) is 18.2 Å². The number of rotatable bonds is 2. The van der Waals surface area contributed by atoms with Gasteiger partial charge in [-0.3, -0.25) is 9.59 Å². The van der Waals surface area contributed by atoms with Crippen LogP contribution in [-0.2, 0) is 4.79 Å². The van der Waals surface area contributed by atoms with Crippen LogP contribution in [0.3, 0.4) is 0 Å². The van der Waals surface area contributed by atoms with Gasteiger partial charge in [0.1, 0.15) is 0 Å². The van der Waals surface area contributed by atoms with Crippen LogP contribution in [0.25, 0.3) is 10.9 Å². The van der Waals surface area contributed by atoms with Gasteiger partial charge in [0.15, 0.2) is 5.78 Å². The van der Waals surface area contributed by atoms with E-state index in [1.165, 1.54) is 13.8 Å². The minimum Gasteiger partial charge on any atom is -0.409 e. The number of halogens is 1. The van der Waals surface area contributed by atoms with Gasteiger partial charge in [-0.15, -0.1) is 0 Å². The molecule has 1 aromatic carbocycles. The Morgan fingerprint density at radius 1 is 1.29 bits per heavy atom. The van der Waals surface area contributed by atoms with Crippen LogP contribution in [0.1, 0.15) is 24.2 Å². The number of benzene rings is 1. The van der Waals surface area contributed by atoms with E-state index in [4.69, 9.17) is 16.3 Å². The maximum Gasteiger partial charge on any atom is 0.309 e. The third-order valence-corrected chi connectivity index (χ3v) is 2.66. The van der Waals surface area contributed by atoms with Gasteiger partial charge >= 0.3 is 5.97 Å². The van der Waals surface area contributed by atoms with Crippen molar-refractivity contribution in [1.29, 1.82) is 0 Å². The van der Waals surface area contributed by atoms with Crippen LogP contribution < -0.4 is 4.74 Å². The number of aromatic amines is 1. The molecular weight excluding hydrogens is 242 g/mol. The number of hydrogen-bond acceptors (Lipinski definition) is 3. The van der Waals surface area contributed by atoms with Gasteiger partial charge in [-0.25, -0.2) is 0 Å². The first-order valence-corrected chi connectivity index (χ1v) is 5.38. The molecule has 4 nitrogen and oxygen atoms in total. The Bertz CT molecular complexity index is 615. The normalized spacial score (nSPS) is 10.5. The first-order chi connectivity index (χ1) is 8.00. The Hall–Kier alpha value is -1.81. The molecule has 0 saturated heterocycles. The Morgan fingerprint density at radius 3 is 2.59 bits per heavy atom. The summed E-state index contributed by atoms with van der Waals surface area (Å²) in [5, 5.41) is 1.13. The van der Waals surface area contributed by atoms with Crippen LogP contribution in [-0.4, -0.2) is 16.7 Å². The number of nitrogens with one attached hydrogen (secondary N) is 1. The Morgan fingerprint density at radius 2 is 2.00 bits per heavy atom. The molecule has 0 saturated carbocycles. The number of aromatic nitrogens is 1. The molecule has 1 N–H and O–H groups in total. The zero-order valence-corrected chi connectivity index (χ0v) is 10.1. The van der Waals surface area contributed by atoms with Crippen LogP contribution >= 0.6 is 11.6 Å². The lowest BCUT2D eigenvalue weighted by molar-refractivity contribution is -0.132. The van der Waals surface area contributed by atoms with Gasteiger partial charge < -0.3 is 9.72 Å². The first-order valence-electron chi connectivity index (χ1n) is 5.00. The fourth-order valence-electron chi connectivity index (χ4n) is 1.73. The van der Waals surface area contributed by atoms with Crippen molar-refractivity contribution in [2.24, 2.45) is 0 Å². The Labute approximate surface area is 103 Å². The summed E-state index contributed by atoms with van der Waals surface area (Å²) in [5.74, 6) is -0.530. The first kappa shape index (κ1) is 11.7. The number of para-hydroxylation sites is 1. The number of H-pyrrole nitrogens is 1. The van der Waals surface area contributed by atoms with Crippen molar-refractivity contribution in [3.63, 3.8) is 0 Å². The fourth-order valence-corrected chi connectivity index (χ4v) is 1.95. The number of ether oxygens (including phenoxy) is 1. The van der Waals surface area contributed by atoms with E-state index in [-0.39, 0.29) is 11.7 Å². The Kier molecular flexibility index (Phi) is 2.90. The van der Waals surface area contributed by atoms with Crippen molar-refractivity contribution in [2.45, 2.75) is 13.8 Å². The summed E-state index contributed by atoms with van der Waals surface area (Å²) in [7, 11) is 0. The third-order valence-electron chi connectivity index (χ3n) is 2.35. The average molecular weight is 252 g/mol. The van der Waals surface area contributed by atoms with E-state index >= 15 is 0 Å². The third kappa shape index (κ3) is 2.03. The highest BCUT2D eigenvalue weighted by molar-refractivity contribution is 6.35. The quantitative estimate of drug-likeness (QED) is 0.659. The molecule has 0 fully saturated rings. The topological polar surface area (TPSA) is 59.2 Å². The zero-order valence-electron chi connectivity index (χ0n) is 9.33. The summed E-state index contributed by atoms with van der Waals surface area (Å²) < 4.78 is 4.97. The number of ketones is 1. The number of fused-ring (bicyclic) bond motifs is 1. The standard InChI is InChI=1S/C12H10ClNO3/c1-6(15)10-8-4-3-5-9(13)11(8)14-12(10)17-7(2)16/h3-5,14H,1-2H3. The highest BCUT2D eigenvalue weighted by Crippen LogP contribution is 2.32. The van der Waals surface area contributed by atoms with Crippen molar-refractivity contribution in [3.05, 3.63) is 28.8 Å². The number of esters is 1. The summed E-state index contributed by atoms with van der Waals surface area (Å²) in [5.41, 5.74) is 0.938. The average Bonchev–Trinajstić information content (AvgIpc) is 2.56. The molecule has 0 amide bonds. The lowest BCUT2D eigenvalue weighted by Gasteiger charge is -1.99. The summed E-state index contributed by atoms with van der Waals surface area (Å²) in [4.78, 5) is 25.4. The van der Waals surface area contributed by atoms with Gasteiger partial charge in [0.25, 0.3) is 0 Å². The van der Waals surface area contributed by atoms with Gasteiger partial charge in [-0.2, -0.15) is 0 Å². The number of carbonyl (C=O) groups excluding carboxylic acids is 2. The maximum atomic E-state index is 11.6. The van der Waals surface area contributed by atoms with E-state index in [0.29, 0.717) is 21.5 Å². The summed E-state index contributed by atoms with van der Waals surface area (Å²) in [6, 6.07) is 5.19. The van der Waals surface area contributed by atoms with Crippen LogP contribution in [0.5, 0.6) is 5.88 Å². The second-order valence-electron chi connectivity index (χ2n) is 3.64. The van der Waals surface area contributed by atoms with Crippen LogP contribution in [0.2, 0.25) is 5.02 Å². The molecule has 1 aromatic heterocycles. The van der Waals surface area contributed by atoms with E-state index in [9.17, 15) is 9.59 Å². The van der Waals surface area contributed by atoms with E-state index in [2.05, 4.69) is 4.98 Å². The molecule has 0 atom stereocenters. The molecule has 5 heteroatoms. The molecule has 0 spiro atoms. The molecule has 0 bridgehead atoms. The van der Waals surface area contributed by atoms with Gasteiger partial charge in [-0.05, 0) is 13.0 Å².